The number of nitrogens with one attached hydrogen (secondary N) is 1. The Morgan fingerprint density at radius 2 is 2.12 bits per heavy atom. The van der Waals surface area contributed by atoms with Crippen LogP contribution in [0.1, 0.15) is 40.5 Å². The Balaban J connectivity index is 1.49. The highest BCUT2D eigenvalue weighted by molar-refractivity contribution is 5.95. The Kier molecular flexibility index (Phi) is 3.99. The molecule has 1 aromatic carbocycles. The fraction of sp³-hybridized carbons (Fsp3) is 0.350. The van der Waals surface area contributed by atoms with Gasteiger partial charge in [0, 0.05) is 24.2 Å². The summed E-state index contributed by atoms with van der Waals surface area (Å²) >= 11 is 0. The molecule has 1 amide bonds. The Bertz CT molecular complexity index is 944. The average Bonchev–Trinajstić information content (AvgIpc) is 3.04. The van der Waals surface area contributed by atoms with E-state index in [0.717, 1.165) is 36.8 Å². The summed E-state index contributed by atoms with van der Waals surface area (Å²) in [5, 5.41) is 12.4. The molecule has 25 heavy (non-hydrogen) atoms. The molecule has 0 spiro atoms. The van der Waals surface area contributed by atoms with Gasteiger partial charge in [0.15, 0.2) is 11.3 Å². The molecule has 128 valence electrons. The smallest absolute Gasteiger partial charge is 0.272 e. The number of fused-ring (bicyclic) bond motifs is 2. The zero-order valence-corrected chi connectivity index (χ0v) is 14.6. The topological polar surface area (TPSA) is 59.8 Å². The molecular weight excluding hydrogens is 312 g/mol. The van der Waals surface area contributed by atoms with Gasteiger partial charge in [0.05, 0.1) is 0 Å². The molecule has 0 unspecified atom stereocenters. The van der Waals surface area contributed by atoms with E-state index in [4.69, 9.17) is 0 Å². The first-order valence-electron chi connectivity index (χ1n) is 8.86. The number of aromatic nitrogens is 3. The molecule has 0 radical (unpaired) electrons. The van der Waals surface area contributed by atoms with Crippen LogP contribution in [-0.2, 0) is 19.4 Å². The number of rotatable bonds is 3. The van der Waals surface area contributed by atoms with Gasteiger partial charge in [-0.1, -0.05) is 23.8 Å². The van der Waals surface area contributed by atoms with Crippen LogP contribution in [0.15, 0.2) is 36.5 Å². The molecule has 2 heterocycles. The lowest BCUT2D eigenvalue weighted by Crippen LogP contribution is -2.39. The van der Waals surface area contributed by atoms with E-state index in [1.54, 1.807) is 0 Å². The van der Waals surface area contributed by atoms with Gasteiger partial charge in [0.1, 0.15) is 0 Å². The third-order valence-corrected chi connectivity index (χ3v) is 5.01. The highest BCUT2D eigenvalue weighted by Crippen LogP contribution is 2.23. The predicted octanol–water partition coefficient (Wildman–Crippen LogP) is 3.05. The van der Waals surface area contributed by atoms with Crippen molar-refractivity contribution in [3.8, 4) is 0 Å². The molecule has 4 rings (SSSR count). The minimum Gasteiger partial charge on any atom is -0.348 e. The van der Waals surface area contributed by atoms with Crippen LogP contribution in [0.4, 0.5) is 0 Å². The van der Waals surface area contributed by atoms with Crippen molar-refractivity contribution in [2.45, 2.75) is 45.7 Å². The highest BCUT2D eigenvalue weighted by atomic mass is 16.2. The standard InChI is InChI=1S/C20H22N4O/c1-3-24-9-8-16-12-18(22-23-19(16)24)20(25)21-17-7-6-14-10-13(2)4-5-15(14)11-17/h4-5,8-10,12,17H,3,6-7,11H2,1-2H3,(H,21,25)/t17-/m1/s1. The third-order valence-electron chi connectivity index (χ3n) is 5.01. The van der Waals surface area contributed by atoms with Crippen LogP contribution in [0.2, 0.25) is 0 Å². The minimum absolute atomic E-state index is 0.140. The number of amides is 1. The summed E-state index contributed by atoms with van der Waals surface area (Å²) < 4.78 is 2.02. The minimum atomic E-state index is -0.140. The Labute approximate surface area is 147 Å². The maximum Gasteiger partial charge on any atom is 0.272 e. The van der Waals surface area contributed by atoms with Crippen molar-refractivity contribution in [1.82, 2.24) is 20.1 Å². The van der Waals surface area contributed by atoms with E-state index in [0.29, 0.717) is 5.69 Å². The van der Waals surface area contributed by atoms with E-state index in [1.807, 2.05) is 22.9 Å². The van der Waals surface area contributed by atoms with Gasteiger partial charge in [-0.05, 0) is 56.4 Å². The second-order valence-electron chi connectivity index (χ2n) is 6.80. The summed E-state index contributed by atoms with van der Waals surface area (Å²) in [5.74, 6) is -0.140. The van der Waals surface area contributed by atoms with E-state index >= 15 is 0 Å². The Morgan fingerprint density at radius 3 is 2.96 bits per heavy atom. The van der Waals surface area contributed by atoms with Gasteiger partial charge in [-0.2, -0.15) is 0 Å². The van der Waals surface area contributed by atoms with Crippen LogP contribution in [0.25, 0.3) is 11.0 Å². The molecule has 5 nitrogen and oxygen atoms in total. The third kappa shape index (κ3) is 3.02. The SMILES string of the molecule is CCn1ccc2cc(C(=O)N[C@@H]3CCc4cc(C)ccc4C3)nnc21. The van der Waals surface area contributed by atoms with Crippen molar-refractivity contribution in [1.29, 1.82) is 0 Å². The maximum absolute atomic E-state index is 12.6. The van der Waals surface area contributed by atoms with Gasteiger partial charge < -0.3 is 9.88 Å². The van der Waals surface area contributed by atoms with Crippen LogP contribution in [0, 0.1) is 6.92 Å². The summed E-state index contributed by atoms with van der Waals surface area (Å²) in [7, 11) is 0. The van der Waals surface area contributed by atoms with E-state index in [1.165, 1.54) is 16.7 Å². The summed E-state index contributed by atoms with van der Waals surface area (Å²) in [4.78, 5) is 12.6. The molecule has 1 N–H and O–H groups in total. The van der Waals surface area contributed by atoms with Crippen molar-refractivity contribution >= 4 is 16.9 Å². The molecular formula is C20H22N4O. The number of benzene rings is 1. The molecule has 1 aliphatic rings. The number of hydrogen-bond acceptors (Lipinski definition) is 3. The molecule has 1 aliphatic carbocycles. The molecule has 0 saturated heterocycles. The number of hydrogen-bond donors (Lipinski definition) is 1. The van der Waals surface area contributed by atoms with E-state index in [2.05, 4.69) is 47.6 Å². The van der Waals surface area contributed by atoms with Gasteiger partial charge in [-0.25, -0.2) is 0 Å². The van der Waals surface area contributed by atoms with Gasteiger partial charge in [-0.15, -0.1) is 10.2 Å². The van der Waals surface area contributed by atoms with E-state index in [-0.39, 0.29) is 11.9 Å². The van der Waals surface area contributed by atoms with Gasteiger partial charge in [0.25, 0.3) is 5.91 Å². The zero-order chi connectivity index (χ0) is 17.4. The lowest BCUT2D eigenvalue weighted by Gasteiger charge is -2.25. The van der Waals surface area contributed by atoms with E-state index in [9.17, 15) is 4.79 Å². The first kappa shape index (κ1) is 15.8. The summed E-state index contributed by atoms with van der Waals surface area (Å²) in [6.45, 7) is 5.02. The van der Waals surface area contributed by atoms with Crippen LogP contribution in [0.5, 0.6) is 0 Å². The number of aryl methyl sites for hydroxylation is 3. The van der Waals surface area contributed by atoms with Crippen LogP contribution < -0.4 is 5.32 Å². The van der Waals surface area contributed by atoms with Crippen molar-refractivity contribution in [3.63, 3.8) is 0 Å². The molecule has 0 aliphatic heterocycles. The van der Waals surface area contributed by atoms with Crippen LogP contribution >= 0.6 is 0 Å². The van der Waals surface area contributed by atoms with Gasteiger partial charge >= 0.3 is 0 Å². The molecule has 2 aromatic heterocycles. The van der Waals surface area contributed by atoms with Crippen molar-refractivity contribution in [2.24, 2.45) is 0 Å². The number of nitrogens with zero attached hydrogens (tertiary/aromatic N) is 3. The van der Waals surface area contributed by atoms with Crippen molar-refractivity contribution in [2.75, 3.05) is 0 Å². The zero-order valence-electron chi connectivity index (χ0n) is 14.6. The summed E-state index contributed by atoms with van der Waals surface area (Å²) in [6, 6.07) is 10.5. The maximum atomic E-state index is 12.6. The molecule has 5 heteroatoms. The van der Waals surface area contributed by atoms with E-state index < -0.39 is 0 Å². The summed E-state index contributed by atoms with van der Waals surface area (Å²) in [5.41, 5.74) is 5.25. The van der Waals surface area contributed by atoms with Gasteiger partial charge in [-0.3, -0.25) is 4.79 Å². The van der Waals surface area contributed by atoms with Crippen LogP contribution in [0.3, 0.4) is 0 Å². The largest absolute Gasteiger partial charge is 0.348 e. The monoisotopic (exact) mass is 334 g/mol. The number of carbonyl (C=O) groups excluding carboxylic acids is 1. The molecule has 0 saturated carbocycles. The number of carbonyl (C=O) groups is 1. The highest BCUT2D eigenvalue weighted by Gasteiger charge is 2.21. The lowest BCUT2D eigenvalue weighted by atomic mass is 9.87. The van der Waals surface area contributed by atoms with Gasteiger partial charge in [0.2, 0.25) is 0 Å². The molecule has 0 bridgehead atoms. The summed E-state index contributed by atoms with van der Waals surface area (Å²) in [6.07, 6.45) is 4.82. The quantitative estimate of drug-likeness (QED) is 0.801. The average molecular weight is 334 g/mol. The predicted molar refractivity (Wildman–Crippen MR) is 97.7 cm³/mol. The first-order valence-corrected chi connectivity index (χ1v) is 8.86. The lowest BCUT2D eigenvalue weighted by molar-refractivity contribution is 0.0928. The Hall–Kier alpha value is -2.69. The first-order chi connectivity index (χ1) is 12.1. The van der Waals surface area contributed by atoms with Crippen LogP contribution in [-0.4, -0.2) is 26.7 Å². The fourth-order valence-corrected chi connectivity index (χ4v) is 3.62. The normalized spacial score (nSPS) is 16.6. The Morgan fingerprint density at radius 1 is 1.24 bits per heavy atom. The van der Waals surface area contributed by atoms with Crippen molar-refractivity contribution < 1.29 is 4.79 Å². The second kappa shape index (κ2) is 6.31. The second-order valence-corrected chi connectivity index (χ2v) is 6.80. The van der Waals surface area contributed by atoms with Crippen molar-refractivity contribution in [3.05, 3.63) is 58.9 Å². The fourth-order valence-electron chi connectivity index (χ4n) is 3.62. The molecule has 3 aromatic rings. The molecule has 1 atom stereocenters. The molecule has 0 fully saturated rings.